The van der Waals surface area contributed by atoms with Crippen molar-refractivity contribution in [3.05, 3.63) is 101 Å². The molecule has 5 N–H and O–H groups in total. The molecule has 0 fully saturated rings. The summed E-state index contributed by atoms with van der Waals surface area (Å²) in [6.07, 6.45) is 0.677. The van der Waals surface area contributed by atoms with E-state index in [1.165, 1.54) is 16.0 Å². The molecule has 3 aromatic rings. The van der Waals surface area contributed by atoms with Gasteiger partial charge in [0.15, 0.2) is 5.78 Å². The summed E-state index contributed by atoms with van der Waals surface area (Å²) in [6, 6.07) is 21.8. The van der Waals surface area contributed by atoms with Crippen molar-refractivity contribution >= 4 is 11.7 Å². The van der Waals surface area contributed by atoms with Crippen molar-refractivity contribution < 1.29 is 14.7 Å². The molecule has 0 saturated carbocycles. The molecule has 0 aliphatic heterocycles. The maximum Gasteiger partial charge on any atom is 0.257 e. The molecule has 1 unspecified atom stereocenters. The second-order valence-corrected chi connectivity index (χ2v) is 8.30. The van der Waals surface area contributed by atoms with E-state index in [1.54, 1.807) is 32.3 Å². The van der Waals surface area contributed by atoms with E-state index >= 15 is 0 Å². The van der Waals surface area contributed by atoms with Gasteiger partial charge in [0.25, 0.3) is 5.91 Å². The van der Waals surface area contributed by atoms with Crippen molar-refractivity contribution in [2.45, 2.75) is 19.0 Å². The number of Topliss-reactive ketones (excluding diaryl/α,β-unsaturated/α-hetero) is 1. The molecule has 1 atom stereocenters. The molecule has 7 heteroatoms. The van der Waals surface area contributed by atoms with Crippen molar-refractivity contribution in [1.29, 1.82) is 0 Å². The lowest BCUT2D eigenvalue weighted by molar-refractivity contribution is 0.0823. The lowest BCUT2D eigenvalue weighted by atomic mass is 9.97. The summed E-state index contributed by atoms with van der Waals surface area (Å²) in [4.78, 5) is 26.4. The molecule has 0 aromatic heterocycles. The van der Waals surface area contributed by atoms with Crippen LogP contribution in [0.1, 0.15) is 43.4 Å². The van der Waals surface area contributed by atoms with Crippen LogP contribution >= 0.6 is 0 Å². The lowest BCUT2D eigenvalue weighted by Crippen LogP contribution is -2.35. The molecule has 3 rings (SSSR count). The number of phenols is 1. The molecule has 172 valence electrons. The average Bonchev–Trinajstić information content (AvgIpc) is 2.80. The number of carbonyl (C=O) groups is 2. The number of aromatic hydroxyl groups is 1. The molecule has 0 heterocycles. The first kappa shape index (κ1) is 24.1. The molecular weight excluding hydrogens is 416 g/mol. The molecule has 3 aromatic carbocycles. The minimum Gasteiger partial charge on any atom is -0.507 e. The van der Waals surface area contributed by atoms with Crippen LogP contribution in [0.5, 0.6) is 5.75 Å². The van der Waals surface area contributed by atoms with Crippen LogP contribution in [0.2, 0.25) is 0 Å². The van der Waals surface area contributed by atoms with Gasteiger partial charge in [-0.15, -0.1) is 0 Å². The van der Waals surface area contributed by atoms with Crippen LogP contribution in [0.4, 0.5) is 0 Å². The van der Waals surface area contributed by atoms with E-state index in [0.717, 1.165) is 11.1 Å². The van der Waals surface area contributed by atoms with Gasteiger partial charge in [-0.2, -0.15) is 0 Å². The third-order valence-electron chi connectivity index (χ3n) is 5.37. The molecule has 0 aliphatic carbocycles. The van der Waals surface area contributed by atoms with Gasteiger partial charge in [0, 0.05) is 32.2 Å². The Morgan fingerprint density at radius 3 is 2.36 bits per heavy atom. The van der Waals surface area contributed by atoms with Crippen molar-refractivity contribution in [3.63, 3.8) is 0 Å². The first-order chi connectivity index (χ1) is 15.7. The summed E-state index contributed by atoms with van der Waals surface area (Å²) < 4.78 is 0. The predicted molar refractivity (Wildman–Crippen MR) is 129 cm³/mol. The zero-order chi connectivity index (χ0) is 24.0. The minimum absolute atomic E-state index is 0.00475. The number of nitrogens with zero attached hydrogens (tertiary/aromatic N) is 2. The SMILES string of the molecule is CN(C)C(=O)c1cc(CN(N)CC(=O)c2cccc(C(N)Cc3ccccc3)c2)ccc1O. The highest BCUT2D eigenvalue weighted by Crippen LogP contribution is 2.21. The number of rotatable bonds is 9. The second-order valence-electron chi connectivity index (χ2n) is 8.30. The quantitative estimate of drug-likeness (QED) is 0.265. The number of phenolic OH excluding ortho intramolecular Hbond substituents is 1. The monoisotopic (exact) mass is 446 g/mol. The van der Waals surface area contributed by atoms with E-state index in [4.69, 9.17) is 11.6 Å². The summed E-state index contributed by atoms with van der Waals surface area (Å²) in [5.74, 6) is 5.56. The first-order valence-corrected chi connectivity index (χ1v) is 10.7. The van der Waals surface area contributed by atoms with Gasteiger partial charge in [-0.25, -0.2) is 5.01 Å². The van der Waals surface area contributed by atoms with Crippen LogP contribution in [0.25, 0.3) is 0 Å². The average molecular weight is 447 g/mol. The Balaban J connectivity index is 1.65. The van der Waals surface area contributed by atoms with Crippen LogP contribution in [0.15, 0.2) is 72.8 Å². The van der Waals surface area contributed by atoms with E-state index in [2.05, 4.69) is 0 Å². The molecule has 0 spiro atoms. The fraction of sp³-hybridized carbons (Fsp3) is 0.231. The van der Waals surface area contributed by atoms with Crippen molar-refractivity contribution in [1.82, 2.24) is 9.91 Å². The number of amides is 1. The molecule has 0 radical (unpaired) electrons. The van der Waals surface area contributed by atoms with E-state index in [1.807, 2.05) is 48.5 Å². The van der Waals surface area contributed by atoms with Gasteiger partial charge in [-0.05, 0) is 41.3 Å². The van der Waals surface area contributed by atoms with Gasteiger partial charge in [-0.3, -0.25) is 15.4 Å². The predicted octanol–water partition coefficient (Wildman–Crippen LogP) is 2.90. The normalized spacial score (nSPS) is 11.9. The van der Waals surface area contributed by atoms with Gasteiger partial charge in [0.05, 0.1) is 12.1 Å². The van der Waals surface area contributed by atoms with E-state index in [9.17, 15) is 14.7 Å². The molecule has 1 amide bonds. The van der Waals surface area contributed by atoms with Gasteiger partial charge < -0.3 is 15.7 Å². The van der Waals surface area contributed by atoms with Crippen LogP contribution in [-0.2, 0) is 13.0 Å². The molecule has 0 bridgehead atoms. The topological polar surface area (TPSA) is 113 Å². The summed E-state index contributed by atoms with van der Waals surface area (Å²) in [7, 11) is 3.23. The maximum absolute atomic E-state index is 12.8. The number of carbonyl (C=O) groups excluding carboxylic acids is 2. The summed E-state index contributed by atoms with van der Waals surface area (Å²) in [5, 5.41) is 11.4. The first-order valence-electron chi connectivity index (χ1n) is 10.7. The maximum atomic E-state index is 12.8. The largest absolute Gasteiger partial charge is 0.507 e. The third kappa shape index (κ3) is 6.49. The Labute approximate surface area is 194 Å². The summed E-state index contributed by atoms with van der Waals surface area (Å²) >= 11 is 0. The van der Waals surface area contributed by atoms with Gasteiger partial charge in [-0.1, -0.05) is 54.6 Å². The zero-order valence-electron chi connectivity index (χ0n) is 18.9. The summed E-state index contributed by atoms with van der Waals surface area (Å²) in [6.45, 7) is 0.238. The fourth-order valence-corrected chi connectivity index (χ4v) is 3.59. The standard InChI is InChI=1S/C26H30N4O3/c1-29(2)26(33)22-13-19(11-12-24(22)31)16-30(28)17-25(32)21-10-6-9-20(15-21)23(27)14-18-7-4-3-5-8-18/h3-13,15,23,31H,14,16-17,27-28H2,1-2H3. The number of hydrazine groups is 1. The Morgan fingerprint density at radius 2 is 1.67 bits per heavy atom. The molecule has 33 heavy (non-hydrogen) atoms. The number of hydrogen-bond acceptors (Lipinski definition) is 6. The smallest absolute Gasteiger partial charge is 0.257 e. The van der Waals surface area contributed by atoms with Gasteiger partial charge in [0.2, 0.25) is 0 Å². The molecule has 7 nitrogen and oxygen atoms in total. The van der Waals surface area contributed by atoms with Crippen molar-refractivity contribution in [2.24, 2.45) is 11.6 Å². The van der Waals surface area contributed by atoms with Crippen LogP contribution in [0.3, 0.4) is 0 Å². The molecular formula is C26H30N4O3. The van der Waals surface area contributed by atoms with E-state index < -0.39 is 0 Å². The van der Waals surface area contributed by atoms with E-state index in [0.29, 0.717) is 17.5 Å². The summed E-state index contributed by atoms with van der Waals surface area (Å²) in [5.41, 5.74) is 9.85. The van der Waals surface area contributed by atoms with Crippen molar-refractivity contribution in [2.75, 3.05) is 20.6 Å². The fourth-order valence-electron chi connectivity index (χ4n) is 3.59. The Bertz CT molecular complexity index is 1120. The Kier molecular flexibility index (Phi) is 7.95. The third-order valence-corrected chi connectivity index (χ3v) is 5.37. The lowest BCUT2D eigenvalue weighted by Gasteiger charge is -2.18. The van der Waals surface area contributed by atoms with Crippen LogP contribution in [-0.4, -0.2) is 47.3 Å². The van der Waals surface area contributed by atoms with Gasteiger partial charge in [0.1, 0.15) is 5.75 Å². The van der Waals surface area contributed by atoms with Gasteiger partial charge >= 0.3 is 0 Å². The minimum atomic E-state index is -0.308. The highest BCUT2D eigenvalue weighted by Gasteiger charge is 2.16. The number of ketones is 1. The highest BCUT2D eigenvalue weighted by atomic mass is 16.3. The highest BCUT2D eigenvalue weighted by molar-refractivity contribution is 5.98. The number of benzene rings is 3. The Hall–Kier alpha value is -3.52. The van der Waals surface area contributed by atoms with Crippen LogP contribution < -0.4 is 11.6 Å². The zero-order valence-corrected chi connectivity index (χ0v) is 18.9. The molecule has 0 aliphatic rings. The number of hydrogen-bond donors (Lipinski definition) is 3. The molecule has 0 saturated heterocycles. The number of nitrogens with two attached hydrogens (primary N) is 2. The Morgan fingerprint density at radius 1 is 0.939 bits per heavy atom. The van der Waals surface area contributed by atoms with E-state index in [-0.39, 0.29) is 42.1 Å². The van der Waals surface area contributed by atoms with Crippen LogP contribution in [0, 0.1) is 0 Å². The van der Waals surface area contributed by atoms with Crippen molar-refractivity contribution in [3.8, 4) is 5.75 Å². The second kappa shape index (κ2) is 10.9.